The Morgan fingerprint density at radius 2 is 1.76 bits per heavy atom. The third kappa shape index (κ3) is 7.44. The SMILES string of the molecule is CCCCOc1ccc(C(=O)NC(=S)NNC(=O)COc2ccc3ccccc3c2)cc1Br. The molecule has 9 heteroatoms. The van der Waals surface area contributed by atoms with Crippen molar-refractivity contribution in [1.29, 1.82) is 0 Å². The van der Waals surface area contributed by atoms with Crippen molar-refractivity contribution in [2.75, 3.05) is 13.2 Å². The topological polar surface area (TPSA) is 88.7 Å². The zero-order valence-corrected chi connectivity index (χ0v) is 20.4. The molecule has 3 N–H and O–H groups in total. The molecule has 0 aromatic heterocycles. The Kier molecular flexibility index (Phi) is 9.03. The van der Waals surface area contributed by atoms with Gasteiger partial charge in [0.1, 0.15) is 11.5 Å². The van der Waals surface area contributed by atoms with E-state index in [2.05, 4.69) is 39.0 Å². The van der Waals surface area contributed by atoms with Crippen LogP contribution in [0.1, 0.15) is 30.1 Å². The highest BCUT2D eigenvalue weighted by Crippen LogP contribution is 2.26. The van der Waals surface area contributed by atoms with Gasteiger partial charge in [0.2, 0.25) is 0 Å². The Morgan fingerprint density at radius 1 is 0.970 bits per heavy atom. The van der Waals surface area contributed by atoms with Crippen LogP contribution < -0.4 is 25.6 Å². The summed E-state index contributed by atoms with van der Waals surface area (Å²) in [6.45, 7) is 2.48. The van der Waals surface area contributed by atoms with Crippen molar-refractivity contribution < 1.29 is 19.1 Å². The van der Waals surface area contributed by atoms with Crippen molar-refractivity contribution in [2.45, 2.75) is 19.8 Å². The fourth-order valence-corrected chi connectivity index (χ4v) is 3.50. The molecule has 0 spiro atoms. The summed E-state index contributed by atoms with van der Waals surface area (Å²) in [6.07, 6.45) is 1.99. The van der Waals surface area contributed by atoms with Gasteiger partial charge in [-0.15, -0.1) is 0 Å². The first-order valence-corrected chi connectivity index (χ1v) is 11.6. The summed E-state index contributed by atoms with van der Waals surface area (Å²) in [4.78, 5) is 24.4. The van der Waals surface area contributed by atoms with E-state index in [0.29, 0.717) is 28.1 Å². The number of fused-ring (bicyclic) bond motifs is 1. The molecule has 0 heterocycles. The van der Waals surface area contributed by atoms with Gasteiger partial charge in [-0.3, -0.25) is 25.8 Å². The Hall–Kier alpha value is -3.17. The van der Waals surface area contributed by atoms with Crippen LogP contribution in [-0.4, -0.2) is 30.1 Å². The maximum Gasteiger partial charge on any atom is 0.276 e. The van der Waals surface area contributed by atoms with Crippen LogP contribution in [0.3, 0.4) is 0 Å². The summed E-state index contributed by atoms with van der Waals surface area (Å²) < 4.78 is 11.8. The van der Waals surface area contributed by atoms with E-state index < -0.39 is 11.8 Å². The second kappa shape index (κ2) is 12.2. The second-order valence-electron chi connectivity index (χ2n) is 7.10. The van der Waals surface area contributed by atoms with Crippen molar-refractivity contribution in [3.63, 3.8) is 0 Å². The number of carbonyl (C=O) groups excluding carboxylic acids is 2. The van der Waals surface area contributed by atoms with Crippen LogP contribution in [0, 0.1) is 0 Å². The van der Waals surface area contributed by atoms with E-state index in [1.54, 1.807) is 24.3 Å². The van der Waals surface area contributed by atoms with Crippen molar-refractivity contribution in [3.05, 3.63) is 70.7 Å². The lowest BCUT2D eigenvalue weighted by Gasteiger charge is -2.12. The predicted molar refractivity (Wildman–Crippen MR) is 135 cm³/mol. The molecule has 3 rings (SSSR count). The third-order valence-electron chi connectivity index (χ3n) is 4.58. The number of benzene rings is 3. The lowest BCUT2D eigenvalue weighted by Crippen LogP contribution is -2.49. The minimum atomic E-state index is -0.448. The Morgan fingerprint density at radius 3 is 2.52 bits per heavy atom. The summed E-state index contributed by atoms with van der Waals surface area (Å²) in [5, 5.41) is 4.57. The zero-order chi connectivity index (χ0) is 23.6. The maximum atomic E-state index is 12.4. The number of ether oxygens (including phenoxy) is 2. The van der Waals surface area contributed by atoms with Crippen molar-refractivity contribution >= 4 is 55.8 Å². The molecule has 172 valence electrons. The van der Waals surface area contributed by atoms with E-state index in [4.69, 9.17) is 21.7 Å². The fourth-order valence-electron chi connectivity index (χ4n) is 2.86. The molecule has 0 aliphatic rings. The molecular formula is C24H24BrN3O4S. The van der Waals surface area contributed by atoms with Gasteiger partial charge in [0, 0.05) is 5.56 Å². The Balaban J connectivity index is 1.42. The maximum absolute atomic E-state index is 12.4. The molecule has 0 saturated carbocycles. The molecule has 0 aliphatic carbocycles. The number of hydrazine groups is 1. The van der Waals surface area contributed by atoms with E-state index >= 15 is 0 Å². The molecule has 0 radical (unpaired) electrons. The smallest absolute Gasteiger partial charge is 0.276 e. The van der Waals surface area contributed by atoms with Gasteiger partial charge in [-0.25, -0.2) is 0 Å². The zero-order valence-electron chi connectivity index (χ0n) is 18.0. The molecule has 0 saturated heterocycles. The minimum absolute atomic E-state index is 0.0431. The van der Waals surface area contributed by atoms with Gasteiger partial charge in [0.05, 0.1) is 11.1 Å². The van der Waals surface area contributed by atoms with Crippen LogP contribution >= 0.6 is 28.1 Å². The Bertz CT molecular complexity index is 1160. The molecule has 7 nitrogen and oxygen atoms in total. The number of rotatable bonds is 8. The van der Waals surface area contributed by atoms with Crippen LogP contribution in [0.25, 0.3) is 10.8 Å². The highest BCUT2D eigenvalue weighted by molar-refractivity contribution is 9.10. The van der Waals surface area contributed by atoms with Crippen LogP contribution in [0.2, 0.25) is 0 Å². The standard InChI is InChI=1S/C24H24BrN3O4S/c1-2-3-12-31-21-11-9-18(14-20(21)25)23(30)26-24(33)28-27-22(29)15-32-19-10-8-16-6-4-5-7-17(16)13-19/h4-11,13-14H,2-3,12,15H2,1H3,(H,27,29)(H2,26,28,30,33). The first-order chi connectivity index (χ1) is 16.0. The summed E-state index contributed by atoms with van der Waals surface area (Å²) in [7, 11) is 0. The van der Waals surface area contributed by atoms with E-state index in [1.807, 2.05) is 36.4 Å². The van der Waals surface area contributed by atoms with E-state index in [0.717, 1.165) is 23.6 Å². The number of halogens is 1. The summed E-state index contributed by atoms with van der Waals surface area (Å²) in [6, 6.07) is 18.5. The van der Waals surface area contributed by atoms with Gasteiger partial charge in [0.25, 0.3) is 11.8 Å². The highest BCUT2D eigenvalue weighted by Gasteiger charge is 2.12. The van der Waals surface area contributed by atoms with Crippen LogP contribution in [-0.2, 0) is 4.79 Å². The van der Waals surface area contributed by atoms with Crippen molar-refractivity contribution in [3.8, 4) is 11.5 Å². The van der Waals surface area contributed by atoms with Gasteiger partial charge in [0.15, 0.2) is 11.7 Å². The minimum Gasteiger partial charge on any atom is -0.492 e. The molecule has 0 unspecified atom stereocenters. The molecule has 3 aromatic carbocycles. The number of hydrogen-bond donors (Lipinski definition) is 3. The first kappa shape index (κ1) is 24.5. The van der Waals surface area contributed by atoms with Gasteiger partial charge >= 0.3 is 0 Å². The Labute approximate surface area is 205 Å². The number of nitrogens with one attached hydrogen (secondary N) is 3. The molecule has 0 aliphatic heterocycles. The largest absolute Gasteiger partial charge is 0.492 e. The monoisotopic (exact) mass is 529 g/mol. The molecule has 33 heavy (non-hydrogen) atoms. The molecule has 3 aromatic rings. The molecule has 0 atom stereocenters. The normalized spacial score (nSPS) is 10.4. The lowest BCUT2D eigenvalue weighted by atomic mass is 10.1. The average molecular weight is 530 g/mol. The summed E-state index contributed by atoms with van der Waals surface area (Å²) in [5.41, 5.74) is 5.28. The van der Waals surface area contributed by atoms with Crippen molar-refractivity contribution in [1.82, 2.24) is 16.2 Å². The van der Waals surface area contributed by atoms with E-state index in [9.17, 15) is 9.59 Å². The lowest BCUT2D eigenvalue weighted by molar-refractivity contribution is -0.123. The molecule has 2 amide bonds. The molecule has 0 fully saturated rings. The first-order valence-electron chi connectivity index (χ1n) is 10.4. The van der Waals surface area contributed by atoms with Gasteiger partial charge in [-0.2, -0.15) is 0 Å². The van der Waals surface area contributed by atoms with E-state index in [-0.39, 0.29) is 11.7 Å². The van der Waals surface area contributed by atoms with E-state index in [1.165, 1.54) is 0 Å². The summed E-state index contributed by atoms with van der Waals surface area (Å²) >= 11 is 8.48. The number of hydrogen-bond acceptors (Lipinski definition) is 5. The van der Waals surface area contributed by atoms with Crippen molar-refractivity contribution in [2.24, 2.45) is 0 Å². The quantitative estimate of drug-likeness (QED) is 0.226. The highest BCUT2D eigenvalue weighted by atomic mass is 79.9. The average Bonchev–Trinajstić information content (AvgIpc) is 2.82. The number of thiocarbonyl (C=S) groups is 1. The number of carbonyl (C=O) groups is 2. The third-order valence-corrected chi connectivity index (χ3v) is 5.41. The van der Waals surface area contributed by atoms with Crippen LogP contribution in [0.4, 0.5) is 0 Å². The number of amides is 2. The van der Waals surface area contributed by atoms with Gasteiger partial charge in [-0.05, 0) is 75.7 Å². The fraction of sp³-hybridized carbons (Fsp3) is 0.208. The summed E-state index contributed by atoms with van der Waals surface area (Å²) in [5.74, 6) is 0.373. The second-order valence-corrected chi connectivity index (χ2v) is 8.36. The molecule has 0 bridgehead atoms. The van der Waals surface area contributed by atoms with Gasteiger partial charge < -0.3 is 9.47 Å². The van der Waals surface area contributed by atoms with Crippen LogP contribution in [0.15, 0.2) is 65.1 Å². The van der Waals surface area contributed by atoms with Crippen LogP contribution in [0.5, 0.6) is 11.5 Å². The van der Waals surface area contributed by atoms with Gasteiger partial charge in [-0.1, -0.05) is 43.7 Å². The predicted octanol–water partition coefficient (Wildman–Crippen LogP) is 4.50. The molecular weight excluding hydrogens is 506 g/mol. The number of unbranched alkanes of at least 4 members (excludes halogenated alkanes) is 1.